The predicted molar refractivity (Wildman–Crippen MR) is 63.8 cm³/mol. The molecular weight excluding hydrogens is 240 g/mol. The molecule has 0 radical (unpaired) electrons. The lowest BCUT2D eigenvalue weighted by Gasteiger charge is -2.33. The van der Waals surface area contributed by atoms with Crippen molar-refractivity contribution in [3.63, 3.8) is 0 Å². The molecule has 0 aliphatic carbocycles. The number of nitrogens with zero attached hydrogens (tertiary/aromatic N) is 4. The molecule has 3 heterocycles. The third-order valence-electron chi connectivity index (χ3n) is 3.21. The fourth-order valence-corrected chi connectivity index (χ4v) is 2.24. The van der Waals surface area contributed by atoms with Crippen LogP contribution in [0.4, 0.5) is 20.2 Å². The number of aromatic nitrogens is 3. The molecule has 18 heavy (non-hydrogen) atoms. The zero-order chi connectivity index (χ0) is 12.8. The highest BCUT2D eigenvalue weighted by atomic mass is 19.3. The third-order valence-corrected chi connectivity index (χ3v) is 3.21. The number of nitrogen functional groups attached to an aromatic ring is 1. The molecule has 5 nitrogen and oxygen atoms in total. The Balaban J connectivity index is 1.97. The van der Waals surface area contributed by atoms with Crippen LogP contribution in [0.3, 0.4) is 0 Å². The maximum absolute atomic E-state index is 13.1. The summed E-state index contributed by atoms with van der Waals surface area (Å²) >= 11 is 0. The van der Waals surface area contributed by atoms with Gasteiger partial charge in [0.2, 0.25) is 0 Å². The van der Waals surface area contributed by atoms with E-state index in [2.05, 4.69) is 10.1 Å². The SMILES string of the molecule is Nc1cc(N2CCC(F)(F)CC2)c2ncnn2c1. The summed E-state index contributed by atoms with van der Waals surface area (Å²) < 4.78 is 27.9. The van der Waals surface area contributed by atoms with Gasteiger partial charge in [-0.1, -0.05) is 0 Å². The van der Waals surface area contributed by atoms with Crippen LogP contribution in [0.15, 0.2) is 18.6 Å². The molecule has 2 aromatic rings. The van der Waals surface area contributed by atoms with Gasteiger partial charge < -0.3 is 10.6 Å². The van der Waals surface area contributed by atoms with Gasteiger partial charge in [0.05, 0.1) is 17.6 Å². The van der Waals surface area contributed by atoms with E-state index in [1.807, 2.05) is 4.90 Å². The molecule has 0 bridgehead atoms. The topological polar surface area (TPSA) is 59.5 Å². The number of fused-ring (bicyclic) bond motifs is 1. The van der Waals surface area contributed by atoms with Gasteiger partial charge in [-0.05, 0) is 6.07 Å². The van der Waals surface area contributed by atoms with Crippen LogP contribution >= 0.6 is 0 Å². The average molecular weight is 253 g/mol. The monoisotopic (exact) mass is 253 g/mol. The molecule has 1 saturated heterocycles. The number of alkyl halides is 2. The average Bonchev–Trinajstić information content (AvgIpc) is 2.76. The maximum atomic E-state index is 13.1. The Morgan fingerprint density at radius 3 is 2.72 bits per heavy atom. The van der Waals surface area contributed by atoms with E-state index in [4.69, 9.17) is 5.73 Å². The third kappa shape index (κ3) is 1.85. The van der Waals surface area contributed by atoms with E-state index in [9.17, 15) is 8.78 Å². The smallest absolute Gasteiger partial charge is 0.251 e. The Morgan fingerprint density at radius 1 is 1.28 bits per heavy atom. The molecule has 7 heteroatoms. The van der Waals surface area contributed by atoms with Crippen LogP contribution in [0.1, 0.15) is 12.8 Å². The van der Waals surface area contributed by atoms with Crippen molar-refractivity contribution in [1.82, 2.24) is 14.6 Å². The molecule has 96 valence electrons. The number of hydrogen-bond acceptors (Lipinski definition) is 4. The van der Waals surface area contributed by atoms with Crippen LogP contribution in [0.25, 0.3) is 5.65 Å². The summed E-state index contributed by atoms with van der Waals surface area (Å²) in [5, 5.41) is 4.01. The minimum absolute atomic E-state index is 0.137. The Hall–Kier alpha value is -1.92. The molecule has 0 spiro atoms. The van der Waals surface area contributed by atoms with E-state index in [1.54, 1.807) is 16.8 Å². The van der Waals surface area contributed by atoms with Gasteiger partial charge in [-0.15, -0.1) is 0 Å². The van der Waals surface area contributed by atoms with Crippen molar-refractivity contribution in [2.24, 2.45) is 0 Å². The highest BCUT2D eigenvalue weighted by molar-refractivity contribution is 5.72. The first-order valence-corrected chi connectivity index (χ1v) is 5.77. The van der Waals surface area contributed by atoms with E-state index in [0.29, 0.717) is 24.4 Å². The van der Waals surface area contributed by atoms with Crippen molar-refractivity contribution in [3.8, 4) is 0 Å². The highest BCUT2D eigenvalue weighted by Gasteiger charge is 2.34. The van der Waals surface area contributed by atoms with Crippen molar-refractivity contribution >= 4 is 17.0 Å². The lowest BCUT2D eigenvalue weighted by Crippen LogP contribution is -2.39. The molecule has 2 N–H and O–H groups in total. The molecule has 0 saturated carbocycles. The first-order valence-electron chi connectivity index (χ1n) is 5.77. The summed E-state index contributed by atoms with van der Waals surface area (Å²) in [6.07, 6.45) is 2.81. The van der Waals surface area contributed by atoms with Crippen molar-refractivity contribution in [1.29, 1.82) is 0 Å². The largest absolute Gasteiger partial charge is 0.397 e. The molecule has 0 unspecified atom stereocenters. The number of pyridine rings is 1. The van der Waals surface area contributed by atoms with E-state index < -0.39 is 5.92 Å². The number of halogens is 2. The number of piperidine rings is 1. The molecule has 1 fully saturated rings. The van der Waals surface area contributed by atoms with E-state index in [0.717, 1.165) is 5.69 Å². The summed E-state index contributed by atoms with van der Waals surface area (Å²) in [6.45, 7) is 0.609. The predicted octanol–water partition coefficient (Wildman–Crippen LogP) is 1.55. The minimum Gasteiger partial charge on any atom is -0.397 e. The molecule has 1 aliphatic rings. The van der Waals surface area contributed by atoms with E-state index >= 15 is 0 Å². The number of rotatable bonds is 1. The van der Waals surface area contributed by atoms with Gasteiger partial charge >= 0.3 is 0 Å². The van der Waals surface area contributed by atoms with E-state index in [-0.39, 0.29) is 12.8 Å². The molecular formula is C11H13F2N5. The lowest BCUT2D eigenvalue weighted by atomic mass is 10.1. The quantitative estimate of drug-likeness (QED) is 0.837. The first-order chi connectivity index (χ1) is 8.55. The first kappa shape index (κ1) is 11.2. The molecule has 3 rings (SSSR count). The van der Waals surface area contributed by atoms with Gasteiger partial charge in [0.15, 0.2) is 5.65 Å². The Morgan fingerprint density at radius 2 is 2.00 bits per heavy atom. The minimum atomic E-state index is -2.55. The number of nitrogens with two attached hydrogens (primary N) is 1. The zero-order valence-corrected chi connectivity index (χ0v) is 9.68. The second-order valence-corrected chi connectivity index (χ2v) is 4.53. The Labute approximate surface area is 102 Å². The van der Waals surface area contributed by atoms with Gasteiger partial charge in [0, 0.05) is 25.9 Å². The molecule has 2 aromatic heterocycles. The van der Waals surface area contributed by atoms with Crippen LogP contribution in [0, 0.1) is 0 Å². The summed E-state index contributed by atoms with van der Waals surface area (Å²) in [7, 11) is 0. The van der Waals surface area contributed by atoms with Crippen molar-refractivity contribution in [3.05, 3.63) is 18.6 Å². The summed E-state index contributed by atoms with van der Waals surface area (Å²) in [5.41, 5.74) is 7.74. The summed E-state index contributed by atoms with van der Waals surface area (Å²) in [4.78, 5) is 6.03. The van der Waals surface area contributed by atoms with Crippen LogP contribution in [-0.4, -0.2) is 33.6 Å². The Kier molecular flexibility index (Phi) is 2.36. The van der Waals surface area contributed by atoms with Gasteiger partial charge in [-0.3, -0.25) is 0 Å². The van der Waals surface area contributed by atoms with Gasteiger partial charge in [-0.2, -0.15) is 5.10 Å². The van der Waals surface area contributed by atoms with Crippen LogP contribution in [-0.2, 0) is 0 Å². The second kappa shape index (κ2) is 3.79. The van der Waals surface area contributed by atoms with Crippen molar-refractivity contribution in [2.75, 3.05) is 23.7 Å². The van der Waals surface area contributed by atoms with Gasteiger partial charge in [-0.25, -0.2) is 18.3 Å². The number of hydrogen-bond donors (Lipinski definition) is 1. The van der Waals surface area contributed by atoms with Crippen LogP contribution in [0.5, 0.6) is 0 Å². The lowest BCUT2D eigenvalue weighted by molar-refractivity contribution is -0.0220. The number of anilines is 2. The van der Waals surface area contributed by atoms with Crippen molar-refractivity contribution < 1.29 is 8.78 Å². The Bertz CT molecular complexity index is 570. The van der Waals surface area contributed by atoms with Crippen molar-refractivity contribution in [2.45, 2.75) is 18.8 Å². The fraction of sp³-hybridized carbons (Fsp3) is 0.455. The molecule has 0 aromatic carbocycles. The van der Waals surface area contributed by atoms with Gasteiger partial charge in [0.25, 0.3) is 5.92 Å². The normalized spacial score (nSPS) is 19.3. The summed E-state index contributed by atoms with van der Waals surface area (Å²) in [5.74, 6) is -2.55. The molecule has 1 aliphatic heterocycles. The maximum Gasteiger partial charge on any atom is 0.251 e. The fourth-order valence-electron chi connectivity index (χ4n) is 2.24. The zero-order valence-electron chi connectivity index (χ0n) is 9.68. The van der Waals surface area contributed by atoms with Gasteiger partial charge in [0.1, 0.15) is 6.33 Å². The highest BCUT2D eigenvalue weighted by Crippen LogP contribution is 2.32. The molecule has 0 atom stereocenters. The van der Waals surface area contributed by atoms with E-state index in [1.165, 1.54) is 6.33 Å². The summed E-state index contributed by atoms with van der Waals surface area (Å²) in [6, 6.07) is 1.76. The van der Waals surface area contributed by atoms with Crippen LogP contribution in [0.2, 0.25) is 0 Å². The standard InChI is InChI=1S/C11H13F2N5/c12-11(13)1-3-17(4-2-11)9-5-8(14)6-18-10(9)15-7-16-18/h5-7H,1-4,14H2. The van der Waals surface area contributed by atoms with Crippen LogP contribution < -0.4 is 10.6 Å². The second-order valence-electron chi connectivity index (χ2n) is 4.53. The molecule has 0 amide bonds.